The number of benzene rings is 1. The number of guanidine groups is 1. The van der Waals surface area contributed by atoms with Crippen LogP contribution < -0.4 is 159 Å². The van der Waals surface area contributed by atoms with Crippen molar-refractivity contribution in [2.45, 2.75) is 253 Å². The van der Waals surface area contributed by atoms with Crippen LogP contribution in [-0.4, -0.2) is 298 Å². The van der Waals surface area contributed by atoms with E-state index >= 15 is 0 Å². The standard InChI is InChI=1S/C80H126N30O31/c1-35(2)28-49(110-66(127)38(81)30-61(91)121)78(139)109-48(17-26-60(90)120)77(138)108-47(16-25-59(89)119)76(137)107-46(15-24-58(88)118)75(136)106-45(14-23-57(87)117)74(135)105-44(13-22-56(86)116)73(134)104-43(12-21-55(85)115)72(133)103-42(11-20-54(84)114)71(132)102-41(10-19-53(83)113)70(131)101-40(9-18-52(82)112)68(129)96-33-63(123)99-50(29-36-5-7-37(111)8-6-36)69(130)97-32-62(122)98-39(4-3-27-94-80(92)93)67(128)95-34-64(124)100-51(79(140)141)31-65(125)126/h5-8,35,38-51,111H,3-4,9-34,81H2,1-2H3,(H2,82,112)(H2,83,113)(H2,84,114)(H2,85,115)(H2,86,116)(H2,87,117)(H2,88,118)(H2,89,119)(H2,90,120)(H2,91,121)(H,95,128)(H,96,129)(H,97,130)(H,98,122)(H,99,123)(H,100,124)(H,101,131)(H,102,132)(H,103,133)(H,104,134)(H,105,135)(H,106,136)(H,107,137)(H,108,138)(H,109,139)(H,110,127)(H,125,126)(H,140,141)(H4,92,93,94)/t38-,39-,40-,41-,42-,43-,44-,45-,46-,47-,48-,49-,50-,51-/m0/s1. The number of primary amides is 10. The third-order valence-corrected chi connectivity index (χ3v) is 19.9. The Balaban J connectivity index is 3.82. The summed E-state index contributed by atoms with van der Waals surface area (Å²) in [5.41, 5.74) is 65.3. The van der Waals surface area contributed by atoms with E-state index in [0.717, 1.165) is 0 Å². The van der Waals surface area contributed by atoms with Crippen LogP contribution in [0.5, 0.6) is 5.75 Å². The number of aromatic hydroxyl groups is 1. The minimum absolute atomic E-state index is 0.0163. The van der Waals surface area contributed by atoms with E-state index in [4.69, 9.17) is 79.3 Å². The third kappa shape index (κ3) is 53.5. The Labute approximate surface area is 802 Å². The molecule has 0 aliphatic carbocycles. The monoisotopic (exact) mass is 2000 g/mol. The van der Waals surface area contributed by atoms with Crippen LogP contribution in [0.1, 0.15) is 167 Å². The highest BCUT2D eigenvalue weighted by atomic mass is 16.4. The van der Waals surface area contributed by atoms with Gasteiger partial charge >= 0.3 is 11.9 Å². The van der Waals surface area contributed by atoms with Crippen LogP contribution in [0.15, 0.2) is 24.3 Å². The average molecular weight is 2000 g/mol. The second kappa shape index (κ2) is 63.7. The largest absolute Gasteiger partial charge is 0.508 e. The van der Waals surface area contributed by atoms with E-state index < -0.39 is 411 Å². The number of phenolic OH excluding ortho intramolecular Hbond substituents is 1. The summed E-state index contributed by atoms with van der Waals surface area (Å²) in [4.78, 5) is 368. The first kappa shape index (κ1) is 122. The second-order valence-corrected chi connectivity index (χ2v) is 32.4. The highest BCUT2D eigenvalue weighted by Gasteiger charge is 2.39. The molecule has 782 valence electrons. The van der Waals surface area contributed by atoms with E-state index in [-0.39, 0.29) is 43.0 Å². The molecule has 0 radical (unpaired) electrons. The van der Waals surface area contributed by atoms with E-state index in [2.05, 4.69) is 85.1 Å². The van der Waals surface area contributed by atoms with Gasteiger partial charge in [0.05, 0.1) is 38.5 Å². The number of carboxylic acids is 2. The van der Waals surface area contributed by atoms with Gasteiger partial charge in [0, 0.05) is 70.8 Å². The third-order valence-electron chi connectivity index (χ3n) is 19.9. The predicted molar refractivity (Wildman–Crippen MR) is 482 cm³/mol. The summed E-state index contributed by atoms with van der Waals surface area (Å²) in [7, 11) is 0. The van der Waals surface area contributed by atoms with Crippen molar-refractivity contribution in [1.29, 1.82) is 5.41 Å². The van der Waals surface area contributed by atoms with E-state index in [1.807, 2.05) is 5.32 Å². The predicted octanol–water partition coefficient (Wildman–Crippen LogP) is -17.0. The summed E-state index contributed by atoms with van der Waals surface area (Å²) in [6.45, 7) is 0.303. The highest BCUT2D eigenvalue weighted by Crippen LogP contribution is 2.16. The Bertz CT molecular complexity index is 4710. The van der Waals surface area contributed by atoms with Gasteiger partial charge in [-0.15, -0.1) is 0 Å². The quantitative estimate of drug-likeness (QED) is 0.0164. The number of nitrogens with two attached hydrogens (primary N) is 12. The zero-order valence-corrected chi connectivity index (χ0v) is 77.0. The number of carbonyl (C=O) groups excluding carboxylic acids is 26. The summed E-state index contributed by atoms with van der Waals surface area (Å²) in [5.74, 6) is -35.4. The topological polar surface area (TPSA) is 1080 Å². The van der Waals surface area contributed by atoms with Crippen molar-refractivity contribution in [3.05, 3.63) is 29.8 Å². The number of phenols is 1. The van der Waals surface area contributed by atoms with E-state index in [9.17, 15) is 144 Å². The summed E-state index contributed by atoms with van der Waals surface area (Å²) in [6, 6.07) is -21.0. The molecule has 26 amide bonds. The molecule has 0 heterocycles. The van der Waals surface area contributed by atoms with Gasteiger partial charge in [0.15, 0.2) is 5.96 Å². The molecule has 1 aromatic rings. The Morgan fingerprint density at radius 1 is 0.284 bits per heavy atom. The number of hydrogen-bond acceptors (Lipinski definition) is 31. The molecule has 45 N–H and O–H groups in total. The van der Waals surface area contributed by atoms with Crippen molar-refractivity contribution in [2.75, 3.05) is 26.2 Å². The van der Waals surface area contributed by atoms with Crippen molar-refractivity contribution in [2.24, 2.45) is 74.7 Å². The van der Waals surface area contributed by atoms with Gasteiger partial charge in [-0.2, -0.15) is 0 Å². The van der Waals surface area contributed by atoms with Crippen LogP contribution >= 0.6 is 0 Å². The summed E-state index contributed by atoms with van der Waals surface area (Å²) in [5, 5.41) is 73.7. The molecule has 141 heavy (non-hydrogen) atoms. The molecule has 0 saturated carbocycles. The fourth-order valence-corrected chi connectivity index (χ4v) is 12.6. The molecule has 1 aromatic carbocycles. The Morgan fingerprint density at radius 3 is 0.759 bits per heavy atom. The van der Waals surface area contributed by atoms with Crippen molar-refractivity contribution < 1.29 is 150 Å². The summed E-state index contributed by atoms with van der Waals surface area (Å²) >= 11 is 0. The van der Waals surface area contributed by atoms with Crippen molar-refractivity contribution in [1.82, 2.24) is 90.4 Å². The fraction of sp³-hybridized carbons (Fsp3) is 0.562. The van der Waals surface area contributed by atoms with Gasteiger partial charge in [0.25, 0.3) is 0 Å². The first-order valence-electron chi connectivity index (χ1n) is 43.5. The molecule has 0 bridgehead atoms. The Kier molecular flexibility index (Phi) is 55.3. The molecule has 0 unspecified atom stereocenters. The normalized spacial score (nSPS) is 13.8. The summed E-state index contributed by atoms with van der Waals surface area (Å²) < 4.78 is 0. The van der Waals surface area contributed by atoms with Gasteiger partial charge in [-0.05, 0) is 101 Å². The molecule has 14 atom stereocenters. The van der Waals surface area contributed by atoms with Crippen molar-refractivity contribution >= 4 is 171 Å². The van der Waals surface area contributed by atoms with Crippen LogP contribution in [0.3, 0.4) is 0 Å². The number of rotatable bonds is 72. The van der Waals surface area contributed by atoms with Crippen LogP contribution in [0.4, 0.5) is 0 Å². The first-order valence-corrected chi connectivity index (χ1v) is 43.5. The van der Waals surface area contributed by atoms with E-state index in [0.29, 0.717) is 0 Å². The van der Waals surface area contributed by atoms with Crippen LogP contribution in [0.2, 0.25) is 0 Å². The molecule has 0 aliphatic heterocycles. The number of hydrogen-bond donors (Lipinski definition) is 33. The number of nitrogens with one attached hydrogen (secondary N) is 18. The minimum atomic E-state index is -2.08. The van der Waals surface area contributed by atoms with Crippen LogP contribution in [0.25, 0.3) is 0 Å². The molecule has 61 nitrogen and oxygen atoms in total. The number of amides is 26. The molecule has 0 aromatic heterocycles. The molecule has 61 heteroatoms. The number of aliphatic carboxylic acids is 2. The van der Waals surface area contributed by atoms with E-state index in [1.165, 1.54) is 24.3 Å². The van der Waals surface area contributed by atoms with Gasteiger partial charge in [-0.25, -0.2) is 4.79 Å². The van der Waals surface area contributed by atoms with Gasteiger partial charge in [0.2, 0.25) is 154 Å². The van der Waals surface area contributed by atoms with Gasteiger partial charge in [-0.3, -0.25) is 135 Å². The zero-order valence-electron chi connectivity index (χ0n) is 77.0. The fourth-order valence-electron chi connectivity index (χ4n) is 12.6. The SMILES string of the molecule is CC(C)C[C@H](NC(=O)[C@@H](N)CC(N)=O)C(=O)N[C@@H](CCC(N)=O)C(=O)N[C@@H](CCC(N)=O)C(=O)N[C@@H](CCC(N)=O)C(=O)N[C@@H](CCC(N)=O)C(=O)N[C@@H](CCC(N)=O)C(=O)N[C@@H](CCC(N)=O)C(=O)N[C@@H](CCC(N)=O)C(=O)N[C@@H](CCC(N)=O)C(=O)N[C@@H](CCC(N)=O)C(=O)NCC(=O)N[C@@H](Cc1ccc(O)cc1)C(=O)NCC(=O)N[C@@H](CCCNC(=N)N)C(=O)NCC(=O)N[C@@H](CC(=O)O)C(=O)O. The maximum Gasteiger partial charge on any atom is 0.326 e. The first-order chi connectivity index (χ1) is 65.9. The Morgan fingerprint density at radius 2 is 0.518 bits per heavy atom. The van der Waals surface area contributed by atoms with Gasteiger partial charge < -0.3 is 175 Å². The molecular formula is C80H126N30O31. The van der Waals surface area contributed by atoms with Crippen molar-refractivity contribution in [3.63, 3.8) is 0 Å². The van der Waals surface area contributed by atoms with Crippen LogP contribution in [-0.2, 0) is 141 Å². The van der Waals surface area contributed by atoms with Crippen LogP contribution in [0, 0.1) is 11.3 Å². The lowest BCUT2D eigenvalue weighted by Gasteiger charge is -2.28. The lowest BCUT2D eigenvalue weighted by molar-refractivity contribution is -0.147. The molecule has 0 spiro atoms. The molecule has 1 rings (SSSR count). The molecule has 0 fully saturated rings. The highest BCUT2D eigenvalue weighted by molar-refractivity contribution is 6.02. The smallest absolute Gasteiger partial charge is 0.326 e. The molecular weight excluding hydrogens is 1880 g/mol. The molecule has 0 saturated heterocycles. The number of carboxylic acid groups (broad SMARTS) is 2. The Hall–Kier alpha value is -16.6. The maximum atomic E-state index is 14.6. The van der Waals surface area contributed by atoms with Gasteiger partial charge in [-0.1, -0.05) is 26.0 Å². The van der Waals surface area contributed by atoms with Gasteiger partial charge in [0.1, 0.15) is 84.3 Å². The second-order valence-electron chi connectivity index (χ2n) is 32.4. The molecule has 0 aliphatic rings. The lowest BCUT2D eigenvalue weighted by atomic mass is 10.0. The zero-order chi connectivity index (χ0) is 107. The van der Waals surface area contributed by atoms with E-state index in [1.54, 1.807) is 13.8 Å². The maximum absolute atomic E-state index is 14.6. The van der Waals surface area contributed by atoms with Crippen molar-refractivity contribution in [3.8, 4) is 5.75 Å². The average Bonchev–Trinajstić information content (AvgIpc) is 0.850. The number of carbonyl (C=O) groups is 28. The lowest BCUT2D eigenvalue weighted by Crippen LogP contribution is -2.61. The summed E-state index contributed by atoms with van der Waals surface area (Å²) in [6.07, 6.45) is -15.7. The minimum Gasteiger partial charge on any atom is -0.508 e.